The summed E-state index contributed by atoms with van der Waals surface area (Å²) in [5, 5.41) is 8.45. The van der Waals surface area contributed by atoms with E-state index in [0.717, 1.165) is 23.5 Å². The Morgan fingerprint density at radius 2 is 1.96 bits per heavy atom. The van der Waals surface area contributed by atoms with Gasteiger partial charge in [-0.1, -0.05) is 12.1 Å². The van der Waals surface area contributed by atoms with Gasteiger partial charge >= 0.3 is 0 Å². The molecule has 6 nitrogen and oxygen atoms in total. The van der Waals surface area contributed by atoms with Gasteiger partial charge in [0.15, 0.2) is 0 Å². The molecule has 0 bridgehead atoms. The molecule has 2 heterocycles. The van der Waals surface area contributed by atoms with Gasteiger partial charge in [-0.25, -0.2) is 4.68 Å². The number of benzene rings is 1. The monoisotopic (exact) mass is 323 g/mol. The smallest absolute Gasteiger partial charge is 0.257 e. The van der Waals surface area contributed by atoms with Gasteiger partial charge in [-0.05, 0) is 37.6 Å². The van der Waals surface area contributed by atoms with Gasteiger partial charge in [0.25, 0.3) is 5.91 Å². The second kappa shape index (κ2) is 6.70. The lowest BCUT2D eigenvalue weighted by atomic mass is 10.1. The third kappa shape index (κ3) is 3.08. The number of hydrogen-bond acceptors (Lipinski definition) is 3. The van der Waals surface area contributed by atoms with Crippen LogP contribution < -0.4 is 0 Å². The van der Waals surface area contributed by atoms with Crippen molar-refractivity contribution in [3.8, 4) is 5.69 Å². The molecule has 3 aromatic rings. The van der Waals surface area contributed by atoms with Gasteiger partial charge in [0, 0.05) is 38.2 Å². The fourth-order valence-corrected chi connectivity index (χ4v) is 2.70. The van der Waals surface area contributed by atoms with Crippen molar-refractivity contribution >= 4 is 5.91 Å². The number of carbonyl (C=O) groups excluding carboxylic acids is 1. The lowest BCUT2D eigenvalue weighted by Crippen LogP contribution is -2.26. The van der Waals surface area contributed by atoms with Crippen molar-refractivity contribution in [3.05, 3.63) is 65.7 Å². The Hall–Kier alpha value is -2.89. The van der Waals surface area contributed by atoms with Gasteiger partial charge in [0.05, 0.1) is 17.4 Å². The molecule has 0 saturated carbocycles. The second-order valence-corrected chi connectivity index (χ2v) is 5.74. The standard InChI is InChI=1S/C18H21N5O/c1-4-22-14(2)17(12-20-22)18(24)21(3)13-15-6-8-16(9-7-15)23-11-5-10-19-23/h5-12H,4,13H2,1-3H3. The molecule has 0 radical (unpaired) electrons. The minimum absolute atomic E-state index is 0.0108. The zero-order chi connectivity index (χ0) is 17.1. The van der Waals surface area contributed by atoms with Crippen molar-refractivity contribution in [1.82, 2.24) is 24.5 Å². The van der Waals surface area contributed by atoms with Crippen LogP contribution in [0.2, 0.25) is 0 Å². The van der Waals surface area contributed by atoms with E-state index in [-0.39, 0.29) is 5.91 Å². The lowest BCUT2D eigenvalue weighted by Gasteiger charge is -2.17. The molecule has 0 unspecified atom stereocenters. The number of nitrogens with zero attached hydrogens (tertiary/aromatic N) is 5. The predicted octanol–water partition coefficient (Wildman–Crippen LogP) is 2.67. The summed E-state index contributed by atoms with van der Waals surface area (Å²) in [6.07, 6.45) is 5.30. The highest BCUT2D eigenvalue weighted by atomic mass is 16.2. The first-order valence-electron chi connectivity index (χ1n) is 7.97. The zero-order valence-corrected chi connectivity index (χ0v) is 14.2. The van der Waals surface area contributed by atoms with Gasteiger partial charge in [0.2, 0.25) is 0 Å². The predicted molar refractivity (Wildman–Crippen MR) is 92.0 cm³/mol. The summed E-state index contributed by atoms with van der Waals surface area (Å²) in [5.41, 5.74) is 3.64. The maximum absolute atomic E-state index is 12.6. The largest absolute Gasteiger partial charge is 0.337 e. The highest BCUT2D eigenvalue weighted by Crippen LogP contribution is 2.14. The normalized spacial score (nSPS) is 10.8. The van der Waals surface area contributed by atoms with Crippen LogP contribution in [0.1, 0.15) is 28.5 Å². The number of carbonyl (C=O) groups is 1. The zero-order valence-electron chi connectivity index (χ0n) is 14.2. The van der Waals surface area contributed by atoms with E-state index in [1.54, 1.807) is 22.0 Å². The average Bonchev–Trinajstić information content (AvgIpc) is 3.24. The van der Waals surface area contributed by atoms with Gasteiger partial charge < -0.3 is 4.90 Å². The minimum Gasteiger partial charge on any atom is -0.337 e. The van der Waals surface area contributed by atoms with Gasteiger partial charge in [0.1, 0.15) is 0 Å². The molecule has 1 amide bonds. The van der Waals surface area contributed by atoms with Crippen LogP contribution in [-0.2, 0) is 13.1 Å². The summed E-state index contributed by atoms with van der Waals surface area (Å²) in [7, 11) is 1.81. The second-order valence-electron chi connectivity index (χ2n) is 5.74. The molecule has 0 fully saturated rings. The molecule has 24 heavy (non-hydrogen) atoms. The summed E-state index contributed by atoms with van der Waals surface area (Å²) in [6, 6.07) is 9.92. The first kappa shape index (κ1) is 16.0. The molecule has 6 heteroatoms. The van der Waals surface area contributed by atoms with Crippen LogP contribution in [0.25, 0.3) is 5.69 Å². The third-order valence-corrected chi connectivity index (χ3v) is 4.10. The van der Waals surface area contributed by atoms with Crippen LogP contribution in [-0.4, -0.2) is 37.4 Å². The number of amides is 1. The van der Waals surface area contributed by atoms with Crippen molar-refractivity contribution < 1.29 is 4.79 Å². The molecule has 1 aromatic carbocycles. The molecule has 0 aliphatic carbocycles. The molecule has 2 aromatic heterocycles. The Kier molecular flexibility index (Phi) is 4.46. The molecular formula is C18H21N5O. The summed E-state index contributed by atoms with van der Waals surface area (Å²) >= 11 is 0. The Labute approximate surface area is 141 Å². The number of aryl methyl sites for hydroxylation is 1. The Bertz CT molecular complexity index is 818. The fourth-order valence-electron chi connectivity index (χ4n) is 2.70. The Morgan fingerprint density at radius 1 is 1.21 bits per heavy atom. The maximum Gasteiger partial charge on any atom is 0.257 e. The average molecular weight is 323 g/mol. The van der Waals surface area contributed by atoms with E-state index in [0.29, 0.717) is 12.1 Å². The SMILES string of the molecule is CCn1ncc(C(=O)N(C)Cc2ccc(-n3cccn3)cc2)c1C. The quantitative estimate of drug-likeness (QED) is 0.725. The molecule has 0 aliphatic rings. The first-order valence-corrected chi connectivity index (χ1v) is 7.97. The highest BCUT2D eigenvalue weighted by molar-refractivity contribution is 5.94. The highest BCUT2D eigenvalue weighted by Gasteiger charge is 2.17. The van der Waals surface area contributed by atoms with Crippen molar-refractivity contribution in [2.24, 2.45) is 0 Å². The maximum atomic E-state index is 12.6. The summed E-state index contributed by atoms with van der Waals surface area (Å²) < 4.78 is 3.64. The molecular weight excluding hydrogens is 302 g/mol. The van der Waals surface area contributed by atoms with E-state index in [4.69, 9.17) is 0 Å². The van der Waals surface area contributed by atoms with E-state index in [1.807, 2.05) is 62.1 Å². The molecule has 3 rings (SSSR count). The summed E-state index contributed by atoms with van der Waals surface area (Å²) in [6.45, 7) is 5.25. The van der Waals surface area contributed by atoms with Crippen LogP contribution in [0.4, 0.5) is 0 Å². The molecule has 0 spiro atoms. The van der Waals surface area contributed by atoms with Crippen LogP contribution in [0.3, 0.4) is 0 Å². The Morgan fingerprint density at radius 3 is 2.54 bits per heavy atom. The van der Waals surface area contributed by atoms with E-state index in [1.165, 1.54) is 0 Å². The van der Waals surface area contributed by atoms with Crippen molar-refractivity contribution in [2.75, 3.05) is 7.05 Å². The summed E-state index contributed by atoms with van der Waals surface area (Å²) in [5.74, 6) is -0.0108. The molecule has 0 saturated heterocycles. The molecule has 0 N–H and O–H groups in total. The summed E-state index contributed by atoms with van der Waals surface area (Å²) in [4.78, 5) is 14.3. The van der Waals surface area contributed by atoms with Crippen molar-refractivity contribution in [2.45, 2.75) is 26.9 Å². The van der Waals surface area contributed by atoms with Crippen molar-refractivity contribution in [1.29, 1.82) is 0 Å². The van der Waals surface area contributed by atoms with E-state index in [9.17, 15) is 4.79 Å². The number of rotatable bonds is 5. The van der Waals surface area contributed by atoms with Gasteiger partial charge in [-0.15, -0.1) is 0 Å². The molecule has 124 valence electrons. The minimum atomic E-state index is -0.0108. The number of hydrogen-bond donors (Lipinski definition) is 0. The van der Waals surface area contributed by atoms with Crippen LogP contribution in [0, 0.1) is 6.92 Å². The van der Waals surface area contributed by atoms with Crippen LogP contribution in [0.15, 0.2) is 48.9 Å². The third-order valence-electron chi connectivity index (χ3n) is 4.10. The van der Waals surface area contributed by atoms with E-state index in [2.05, 4.69) is 10.2 Å². The fraction of sp³-hybridized carbons (Fsp3) is 0.278. The van der Waals surface area contributed by atoms with Crippen molar-refractivity contribution in [3.63, 3.8) is 0 Å². The number of aromatic nitrogens is 4. The van der Waals surface area contributed by atoms with Crippen LogP contribution in [0.5, 0.6) is 0 Å². The topological polar surface area (TPSA) is 56.0 Å². The lowest BCUT2D eigenvalue weighted by molar-refractivity contribution is 0.0784. The first-order chi connectivity index (χ1) is 11.6. The molecule has 0 aliphatic heterocycles. The van der Waals surface area contributed by atoms with Gasteiger partial charge in [-0.2, -0.15) is 10.2 Å². The van der Waals surface area contributed by atoms with E-state index >= 15 is 0 Å². The van der Waals surface area contributed by atoms with E-state index < -0.39 is 0 Å². The van der Waals surface area contributed by atoms with Gasteiger partial charge in [-0.3, -0.25) is 9.48 Å². The van der Waals surface area contributed by atoms with Crippen LogP contribution >= 0.6 is 0 Å². The Balaban J connectivity index is 1.71. The molecule has 0 atom stereocenters.